The molecule has 0 saturated heterocycles. The third-order valence-electron chi connectivity index (χ3n) is 5.32. The lowest BCUT2D eigenvalue weighted by Gasteiger charge is -2.26. The standard InChI is InChI=1S/C24H28N6O2/c1-5-29-16-17(14-27-29)24-15-26-22-7-6-18(12-23(22)28-24)30(9-8-25-2)19-10-20(31-3)13-21(11-19)32-4/h6-7,10-16,25H,5,8-9H2,1-4H3. The van der Waals surface area contributed by atoms with E-state index in [-0.39, 0.29) is 0 Å². The van der Waals surface area contributed by atoms with Crippen molar-refractivity contribution in [3.63, 3.8) is 0 Å². The van der Waals surface area contributed by atoms with Crippen LogP contribution in [0, 0.1) is 0 Å². The molecule has 0 unspecified atom stereocenters. The van der Waals surface area contributed by atoms with Crippen molar-refractivity contribution >= 4 is 22.4 Å². The highest BCUT2D eigenvalue weighted by atomic mass is 16.5. The molecule has 0 aliphatic rings. The van der Waals surface area contributed by atoms with E-state index in [1.54, 1.807) is 20.4 Å². The highest BCUT2D eigenvalue weighted by Gasteiger charge is 2.14. The molecular formula is C24H28N6O2. The van der Waals surface area contributed by atoms with Gasteiger partial charge in [0.15, 0.2) is 0 Å². The summed E-state index contributed by atoms with van der Waals surface area (Å²) in [5.74, 6) is 1.48. The van der Waals surface area contributed by atoms with Crippen molar-refractivity contribution in [1.82, 2.24) is 25.1 Å². The van der Waals surface area contributed by atoms with Crippen LogP contribution in [0.1, 0.15) is 6.92 Å². The van der Waals surface area contributed by atoms with E-state index >= 15 is 0 Å². The minimum atomic E-state index is 0.740. The fourth-order valence-electron chi connectivity index (χ4n) is 3.55. The summed E-state index contributed by atoms with van der Waals surface area (Å²) in [6, 6.07) is 12.0. The Balaban J connectivity index is 1.77. The number of nitrogens with zero attached hydrogens (tertiary/aromatic N) is 5. The van der Waals surface area contributed by atoms with E-state index in [0.29, 0.717) is 0 Å². The Labute approximate surface area is 187 Å². The van der Waals surface area contributed by atoms with Gasteiger partial charge in [0.25, 0.3) is 0 Å². The molecule has 0 spiro atoms. The fraction of sp³-hybridized carbons (Fsp3) is 0.292. The summed E-state index contributed by atoms with van der Waals surface area (Å²) < 4.78 is 12.8. The zero-order chi connectivity index (χ0) is 22.5. The molecule has 0 atom stereocenters. The van der Waals surface area contributed by atoms with Gasteiger partial charge in [-0.2, -0.15) is 5.10 Å². The lowest BCUT2D eigenvalue weighted by Crippen LogP contribution is -2.26. The molecule has 8 nitrogen and oxygen atoms in total. The highest BCUT2D eigenvalue weighted by Crippen LogP contribution is 2.34. The molecular weight excluding hydrogens is 404 g/mol. The van der Waals surface area contributed by atoms with E-state index in [1.165, 1.54) is 0 Å². The minimum Gasteiger partial charge on any atom is -0.497 e. The van der Waals surface area contributed by atoms with Crippen molar-refractivity contribution in [3.05, 3.63) is 55.0 Å². The lowest BCUT2D eigenvalue weighted by atomic mass is 10.2. The second kappa shape index (κ2) is 9.65. The van der Waals surface area contributed by atoms with Gasteiger partial charge in [0.1, 0.15) is 11.5 Å². The van der Waals surface area contributed by atoms with Gasteiger partial charge in [-0.05, 0) is 32.2 Å². The van der Waals surface area contributed by atoms with Crippen LogP contribution < -0.4 is 19.7 Å². The van der Waals surface area contributed by atoms with Gasteiger partial charge in [0.05, 0.1) is 43.3 Å². The SMILES string of the molecule is CCn1cc(-c2cnc3ccc(N(CCNC)c4cc(OC)cc(OC)c4)cc3n2)cn1. The van der Waals surface area contributed by atoms with Gasteiger partial charge >= 0.3 is 0 Å². The number of ether oxygens (including phenoxy) is 2. The Kier molecular flexibility index (Phi) is 6.51. The topological polar surface area (TPSA) is 77.3 Å². The Morgan fingerprint density at radius 3 is 2.41 bits per heavy atom. The van der Waals surface area contributed by atoms with E-state index in [0.717, 1.165) is 64.8 Å². The molecule has 0 fully saturated rings. The zero-order valence-electron chi connectivity index (χ0n) is 18.9. The van der Waals surface area contributed by atoms with Crippen LogP contribution in [-0.2, 0) is 6.54 Å². The summed E-state index contributed by atoms with van der Waals surface area (Å²) >= 11 is 0. The van der Waals surface area contributed by atoms with Crippen LogP contribution in [0.15, 0.2) is 55.0 Å². The summed E-state index contributed by atoms with van der Waals surface area (Å²) in [6.07, 6.45) is 5.61. The molecule has 2 aromatic heterocycles. The van der Waals surface area contributed by atoms with Crippen LogP contribution in [0.3, 0.4) is 0 Å². The Hall–Kier alpha value is -3.65. The Bertz CT molecular complexity index is 1180. The Morgan fingerprint density at radius 2 is 1.75 bits per heavy atom. The quantitative estimate of drug-likeness (QED) is 0.430. The number of nitrogens with one attached hydrogen (secondary N) is 1. The summed E-state index contributed by atoms with van der Waals surface area (Å²) in [5.41, 5.74) is 5.42. The van der Waals surface area contributed by atoms with Crippen LogP contribution in [0.5, 0.6) is 11.5 Å². The average molecular weight is 433 g/mol. The van der Waals surface area contributed by atoms with E-state index in [1.807, 2.05) is 48.4 Å². The number of anilines is 2. The number of likely N-dealkylation sites (N-methyl/N-ethyl adjacent to an activating group) is 1. The van der Waals surface area contributed by atoms with Gasteiger partial charge < -0.3 is 19.7 Å². The predicted molar refractivity (Wildman–Crippen MR) is 127 cm³/mol. The van der Waals surface area contributed by atoms with Crippen molar-refractivity contribution < 1.29 is 9.47 Å². The van der Waals surface area contributed by atoms with Crippen molar-refractivity contribution in [2.24, 2.45) is 0 Å². The van der Waals surface area contributed by atoms with Crippen LogP contribution in [0.4, 0.5) is 11.4 Å². The predicted octanol–water partition coefficient (Wildman–Crippen LogP) is 3.89. The molecule has 8 heteroatoms. The minimum absolute atomic E-state index is 0.740. The number of fused-ring (bicyclic) bond motifs is 1. The summed E-state index contributed by atoms with van der Waals surface area (Å²) in [4.78, 5) is 11.7. The number of benzene rings is 2. The van der Waals surface area contributed by atoms with Gasteiger partial charge in [0.2, 0.25) is 0 Å². The van der Waals surface area contributed by atoms with E-state index in [9.17, 15) is 0 Å². The van der Waals surface area contributed by atoms with E-state index < -0.39 is 0 Å². The molecule has 2 heterocycles. The van der Waals surface area contributed by atoms with Crippen molar-refractivity contribution in [2.45, 2.75) is 13.5 Å². The molecule has 4 aromatic rings. The maximum atomic E-state index is 5.48. The summed E-state index contributed by atoms with van der Waals surface area (Å²) in [7, 11) is 5.26. The highest BCUT2D eigenvalue weighted by molar-refractivity contribution is 5.82. The molecule has 0 bridgehead atoms. The number of aromatic nitrogens is 4. The number of hydrogen-bond donors (Lipinski definition) is 1. The fourth-order valence-corrected chi connectivity index (χ4v) is 3.55. The maximum absolute atomic E-state index is 5.48. The first-order valence-corrected chi connectivity index (χ1v) is 10.6. The molecule has 0 saturated carbocycles. The van der Waals surface area contributed by atoms with E-state index in [2.05, 4.69) is 39.4 Å². The van der Waals surface area contributed by atoms with Gasteiger partial charge in [-0.3, -0.25) is 9.67 Å². The second-order valence-corrected chi connectivity index (χ2v) is 7.34. The molecule has 1 N–H and O–H groups in total. The second-order valence-electron chi connectivity index (χ2n) is 7.34. The number of rotatable bonds is 9. The largest absolute Gasteiger partial charge is 0.497 e. The molecule has 166 valence electrons. The van der Waals surface area contributed by atoms with Crippen LogP contribution >= 0.6 is 0 Å². The Morgan fingerprint density at radius 1 is 0.969 bits per heavy atom. The third-order valence-corrected chi connectivity index (χ3v) is 5.32. The van der Waals surface area contributed by atoms with Gasteiger partial charge in [-0.15, -0.1) is 0 Å². The smallest absolute Gasteiger partial charge is 0.124 e. The molecule has 0 aliphatic heterocycles. The van der Waals surface area contributed by atoms with Crippen molar-refractivity contribution in [1.29, 1.82) is 0 Å². The monoisotopic (exact) mass is 432 g/mol. The molecule has 0 aliphatic carbocycles. The number of methoxy groups -OCH3 is 2. The third kappa shape index (κ3) is 4.50. The van der Waals surface area contributed by atoms with Gasteiger partial charge in [-0.1, -0.05) is 0 Å². The van der Waals surface area contributed by atoms with Gasteiger partial charge in [0, 0.05) is 61.0 Å². The van der Waals surface area contributed by atoms with E-state index in [4.69, 9.17) is 14.5 Å². The summed E-state index contributed by atoms with van der Waals surface area (Å²) in [6.45, 7) is 4.44. The molecule has 4 rings (SSSR count). The van der Waals surface area contributed by atoms with Crippen molar-refractivity contribution in [3.8, 4) is 22.8 Å². The first-order valence-electron chi connectivity index (χ1n) is 10.6. The molecule has 2 aromatic carbocycles. The van der Waals surface area contributed by atoms with Crippen LogP contribution in [0.2, 0.25) is 0 Å². The first kappa shape index (κ1) is 21.6. The van der Waals surface area contributed by atoms with Crippen molar-refractivity contribution in [2.75, 3.05) is 39.3 Å². The van der Waals surface area contributed by atoms with Gasteiger partial charge in [-0.25, -0.2) is 4.98 Å². The van der Waals surface area contributed by atoms with Crippen LogP contribution in [-0.4, -0.2) is 54.1 Å². The first-order chi connectivity index (χ1) is 15.6. The zero-order valence-corrected chi connectivity index (χ0v) is 18.9. The normalized spacial score (nSPS) is 11.0. The maximum Gasteiger partial charge on any atom is 0.124 e. The van der Waals surface area contributed by atoms with Crippen LogP contribution in [0.25, 0.3) is 22.3 Å². The number of hydrogen-bond acceptors (Lipinski definition) is 7. The molecule has 0 amide bonds. The lowest BCUT2D eigenvalue weighted by molar-refractivity contribution is 0.394. The molecule has 32 heavy (non-hydrogen) atoms. The summed E-state index contributed by atoms with van der Waals surface area (Å²) in [5, 5.41) is 7.58. The molecule has 0 radical (unpaired) electrons. The average Bonchev–Trinajstić information content (AvgIpc) is 3.33. The number of aryl methyl sites for hydroxylation is 1.